The van der Waals surface area contributed by atoms with Crippen LogP contribution in [0.2, 0.25) is 5.02 Å². The lowest BCUT2D eigenvalue weighted by Gasteiger charge is -2.12. The van der Waals surface area contributed by atoms with Gasteiger partial charge in [0, 0.05) is 43.6 Å². The Hall–Kier alpha value is -5.49. The predicted molar refractivity (Wildman–Crippen MR) is 192 cm³/mol. The SMILES string of the molecule is Cc1ccc(-c2csc(NC(=O)c3ccc(F)cc3)c2C(=O)OC(=O)c2c(-c3ccccc3Cl)csc2NC(=O)c2ccc(F)cc2)cc1C. The first-order valence-corrected chi connectivity index (χ1v) is 17.1. The third-order valence-corrected chi connectivity index (χ3v) is 9.95. The molecule has 0 aliphatic carbocycles. The summed E-state index contributed by atoms with van der Waals surface area (Å²) in [4.78, 5) is 54.4. The average molecular weight is 727 g/mol. The largest absolute Gasteiger partial charge is 0.386 e. The molecular formula is C38H25ClF2N2O5S2. The summed E-state index contributed by atoms with van der Waals surface area (Å²) in [5.41, 5.74) is 3.85. The molecule has 4 aromatic carbocycles. The first-order valence-electron chi connectivity index (χ1n) is 15.0. The predicted octanol–water partition coefficient (Wildman–Crippen LogP) is 10.2. The van der Waals surface area contributed by atoms with Crippen LogP contribution in [0.3, 0.4) is 0 Å². The number of anilines is 2. The van der Waals surface area contributed by atoms with Gasteiger partial charge in [0.2, 0.25) is 0 Å². The van der Waals surface area contributed by atoms with E-state index in [1.807, 2.05) is 32.0 Å². The minimum atomic E-state index is -1.09. The van der Waals surface area contributed by atoms with E-state index in [9.17, 15) is 28.0 Å². The maximum absolute atomic E-state index is 14.1. The van der Waals surface area contributed by atoms with Gasteiger partial charge in [-0.05, 0) is 85.1 Å². The van der Waals surface area contributed by atoms with Crippen LogP contribution in [-0.4, -0.2) is 23.8 Å². The van der Waals surface area contributed by atoms with Gasteiger partial charge < -0.3 is 15.4 Å². The van der Waals surface area contributed by atoms with Crippen molar-refractivity contribution in [2.75, 3.05) is 10.6 Å². The Balaban J connectivity index is 1.39. The van der Waals surface area contributed by atoms with Crippen molar-refractivity contribution in [3.8, 4) is 22.3 Å². The molecule has 0 saturated carbocycles. The minimum Gasteiger partial charge on any atom is -0.386 e. The first kappa shape index (κ1) is 34.4. The molecule has 0 aliphatic rings. The number of aryl methyl sites for hydroxylation is 2. The van der Waals surface area contributed by atoms with E-state index in [0.717, 1.165) is 58.1 Å². The number of nitrogens with one attached hydrogen (secondary N) is 2. The van der Waals surface area contributed by atoms with Gasteiger partial charge >= 0.3 is 11.9 Å². The Bertz CT molecular complexity index is 2280. The quantitative estimate of drug-likeness (QED) is 0.120. The number of carbonyl (C=O) groups excluding carboxylic acids is 4. The number of ether oxygens (including phenoxy) is 1. The van der Waals surface area contributed by atoms with Crippen molar-refractivity contribution in [2.45, 2.75) is 13.8 Å². The maximum atomic E-state index is 14.1. The summed E-state index contributed by atoms with van der Waals surface area (Å²) in [7, 11) is 0. The van der Waals surface area contributed by atoms with Gasteiger partial charge in [-0.2, -0.15) is 0 Å². The van der Waals surface area contributed by atoms with Crippen LogP contribution >= 0.6 is 34.3 Å². The van der Waals surface area contributed by atoms with Crippen LogP contribution in [0.5, 0.6) is 0 Å². The van der Waals surface area contributed by atoms with Gasteiger partial charge in [-0.1, -0.05) is 48.0 Å². The van der Waals surface area contributed by atoms with Crippen LogP contribution in [0.4, 0.5) is 18.8 Å². The molecular weight excluding hydrogens is 702 g/mol. The molecule has 0 radical (unpaired) electrons. The van der Waals surface area contributed by atoms with Gasteiger partial charge in [-0.25, -0.2) is 18.4 Å². The third-order valence-electron chi connectivity index (χ3n) is 7.82. The van der Waals surface area contributed by atoms with Crippen LogP contribution in [0.15, 0.2) is 102 Å². The molecule has 2 amide bonds. The van der Waals surface area contributed by atoms with Crippen LogP contribution in [0, 0.1) is 25.5 Å². The van der Waals surface area contributed by atoms with Gasteiger partial charge in [0.05, 0.1) is 0 Å². The number of halogens is 3. The van der Waals surface area contributed by atoms with Crippen molar-refractivity contribution in [2.24, 2.45) is 0 Å². The molecule has 0 unspecified atom stereocenters. The van der Waals surface area contributed by atoms with Crippen molar-refractivity contribution in [3.63, 3.8) is 0 Å². The van der Waals surface area contributed by atoms with Gasteiger partial charge in [-0.3, -0.25) is 9.59 Å². The Labute approximate surface area is 298 Å². The van der Waals surface area contributed by atoms with Crippen LogP contribution in [0.1, 0.15) is 52.6 Å². The summed E-state index contributed by atoms with van der Waals surface area (Å²) < 4.78 is 32.6. The molecule has 0 spiro atoms. The van der Waals surface area contributed by atoms with Crippen molar-refractivity contribution in [3.05, 3.63) is 152 Å². The van der Waals surface area contributed by atoms with Crippen molar-refractivity contribution >= 4 is 68.0 Å². The molecule has 6 aromatic rings. The second-order valence-corrected chi connectivity index (χ2v) is 13.3. The van der Waals surface area contributed by atoms with Gasteiger partial charge in [0.15, 0.2) is 0 Å². The maximum Gasteiger partial charge on any atom is 0.349 e. The highest BCUT2D eigenvalue weighted by molar-refractivity contribution is 7.15. The number of hydrogen-bond acceptors (Lipinski definition) is 7. The van der Waals surface area contributed by atoms with E-state index in [1.165, 1.54) is 24.3 Å². The molecule has 2 aromatic heterocycles. The Morgan fingerprint density at radius 3 is 1.64 bits per heavy atom. The second kappa shape index (κ2) is 14.6. The zero-order chi connectivity index (χ0) is 35.5. The number of carbonyl (C=O) groups is 4. The molecule has 7 nitrogen and oxygen atoms in total. The van der Waals surface area contributed by atoms with Gasteiger partial charge in [-0.15, -0.1) is 22.7 Å². The number of rotatable bonds is 8. The summed E-state index contributed by atoms with van der Waals surface area (Å²) in [5, 5.41) is 9.12. The van der Waals surface area contributed by atoms with E-state index >= 15 is 0 Å². The number of thiophene rings is 2. The molecule has 50 heavy (non-hydrogen) atoms. The number of benzene rings is 4. The standard InChI is InChI=1S/C38H25ClF2N2O5S2/c1-20-7-8-24(17-21(20)2)28-18-49-35(42-33(44)22-9-13-25(40)14-10-22)31(28)37(46)48-38(47)32-29(27-5-3-4-6-30(27)39)19-50-36(32)43-34(45)23-11-15-26(41)16-12-23/h3-19H,1-2H3,(H,42,44)(H,43,45). The smallest absolute Gasteiger partial charge is 0.349 e. The third kappa shape index (κ3) is 7.25. The van der Waals surface area contributed by atoms with Crippen LogP contribution < -0.4 is 10.6 Å². The monoisotopic (exact) mass is 726 g/mol. The van der Waals surface area contributed by atoms with Crippen LogP contribution in [-0.2, 0) is 4.74 Å². The van der Waals surface area contributed by atoms with E-state index in [-0.39, 0.29) is 32.3 Å². The number of hydrogen-bond donors (Lipinski definition) is 2. The zero-order valence-electron chi connectivity index (χ0n) is 26.3. The molecule has 2 N–H and O–H groups in total. The van der Waals surface area contributed by atoms with Gasteiger partial charge in [0.1, 0.15) is 32.8 Å². The Kier molecular flexibility index (Phi) is 10.0. The highest BCUT2D eigenvalue weighted by Crippen LogP contribution is 2.41. The lowest BCUT2D eigenvalue weighted by Crippen LogP contribution is -2.19. The molecule has 0 fully saturated rings. The lowest BCUT2D eigenvalue weighted by molar-refractivity contribution is 0.0401. The first-order chi connectivity index (χ1) is 24.0. The fourth-order valence-corrected chi connectivity index (χ4v) is 7.18. The van der Waals surface area contributed by atoms with Crippen molar-refractivity contribution < 1.29 is 32.7 Å². The van der Waals surface area contributed by atoms with E-state index in [4.69, 9.17) is 16.3 Å². The van der Waals surface area contributed by atoms with Gasteiger partial charge in [0.25, 0.3) is 11.8 Å². The number of amides is 2. The van der Waals surface area contributed by atoms with Crippen LogP contribution in [0.25, 0.3) is 22.3 Å². The van der Waals surface area contributed by atoms with Crippen molar-refractivity contribution in [1.82, 2.24) is 0 Å². The lowest BCUT2D eigenvalue weighted by atomic mass is 9.99. The highest BCUT2D eigenvalue weighted by atomic mass is 35.5. The van der Waals surface area contributed by atoms with Crippen molar-refractivity contribution in [1.29, 1.82) is 0 Å². The summed E-state index contributed by atoms with van der Waals surface area (Å²) in [6.45, 7) is 3.86. The van der Waals surface area contributed by atoms with E-state index in [1.54, 1.807) is 35.0 Å². The molecule has 6 rings (SSSR count). The summed E-state index contributed by atoms with van der Waals surface area (Å²) >= 11 is 8.56. The summed E-state index contributed by atoms with van der Waals surface area (Å²) in [6, 6.07) is 22.0. The molecule has 0 aliphatic heterocycles. The molecule has 250 valence electrons. The molecule has 0 bridgehead atoms. The minimum absolute atomic E-state index is 0.0663. The zero-order valence-corrected chi connectivity index (χ0v) is 28.7. The highest BCUT2D eigenvalue weighted by Gasteiger charge is 2.30. The Morgan fingerprint density at radius 2 is 1.12 bits per heavy atom. The topological polar surface area (TPSA) is 102 Å². The van der Waals surface area contributed by atoms with E-state index in [2.05, 4.69) is 10.6 Å². The molecule has 2 heterocycles. The molecule has 0 saturated heterocycles. The van der Waals surface area contributed by atoms with E-state index in [0.29, 0.717) is 27.3 Å². The second-order valence-electron chi connectivity index (χ2n) is 11.1. The fourth-order valence-electron chi connectivity index (χ4n) is 5.04. The molecule has 12 heteroatoms. The molecule has 0 atom stereocenters. The Morgan fingerprint density at radius 1 is 0.620 bits per heavy atom. The normalized spacial score (nSPS) is 10.8. The number of esters is 2. The average Bonchev–Trinajstić information content (AvgIpc) is 3.71. The fraction of sp³-hybridized carbons (Fsp3) is 0.0526. The summed E-state index contributed by atoms with van der Waals surface area (Å²) in [5.74, 6) is -4.43. The van der Waals surface area contributed by atoms with E-state index < -0.39 is 35.4 Å². The summed E-state index contributed by atoms with van der Waals surface area (Å²) in [6.07, 6.45) is 0.